The second kappa shape index (κ2) is 34.7. The van der Waals surface area contributed by atoms with Gasteiger partial charge in [0.25, 0.3) is 0 Å². The van der Waals surface area contributed by atoms with Crippen molar-refractivity contribution < 1.29 is 25.9 Å². The van der Waals surface area contributed by atoms with E-state index >= 15 is 0 Å². The van der Waals surface area contributed by atoms with Gasteiger partial charge >= 0.3 is 37.7 Å². The molecule has 0 aliphatic heterocycles. The largest absolute Gasteiger partial charge is 2.00 e. The number of aryl methyl sites for hydroxylation is 4. The summed E-state index contributed by atoms with van der Waals surface area (Å²) in [5.74, 6) is 0. The first kappa shape index (κ1) is 59.6. The van der Waals surface area contributed by atoms with Crippen molar-refractivity contribution in [1.82, 2.24) is 0 Å². The van der Waals surface area contributed by atoms with Gasteiger partial charge in [-0.2, -0.15) is 0 Å². The van der Waals surface area contributed by atoms with Gasteiger partial charge < -0.3 is 9.11 Å². The van der Waals surface area contributed by atoms with Gasteiger partial charge in [-0.1, -0.05) is 230 Å². The molecule has 9 heteroatoms. The van der Waals surface area contributed by atoms with Gasteiger partial charge in [-0.15, -0.1) is 0 Å². The molecule has 0 aromatic heterocycles. The molecule has 0 radical (unpaired) electrons. The van der Waals surface area contributed by atoms with Crippen molar-refractivity contribution in [3.05, 3.63) is 82.9 Å². The maximum atomic E-state index is 12.0. The van der Waals surface area contributed by atoms with Gasteiger partial charge in [0.2, 0.25) is 0 Å². The Balaban J connectivity index is 0.000000440. The molecule has 4 rings (SSSR count). The number of unbranched alkanes of at least 4 members (excludes halogenated alkanes) is 24. The molecular weight excluding hydrogens is 873 g/mol. The molecule has 65 heavy (non-hydrogen) atoms. The smallest absolute Gasteiger partial charge is 0.744 e. The maximum Gasteiger partial charge on any atom is 2.00 e. The van der Waals surface area contributed by atoms with Crippen LogP contribution >= 0.6 is 0 Å². The Kier molecular flexibility index (Phi) is 31.8. The van der Waals surface area contributed by atoms with Crippen LogP contribution in [-0.4, -0.2) is 63.7 Å². The first-order chi connectivity index (χ1) is 31.0. The molecule has 4 aromatic rings. The fourth-order valence-corrected chi connectivity index (χ4v) is 11.0. The van der Waals surface area contributed by atoms with Crippen LogP contribution in [0.15, 0.2) is 70.5 Å². The second-order valence-electron chi connectivity index (χ2n) is 18.5. The van der Waals surface area contributed by atoms with Crippen molar-refractivity contribution in [1.29, 1.82) is 0 Å². The molecule has 0 fully saturated rings. The van der Waals surface area contributed by atoms with E-state index in [9.17, 15) is 25.9 Å². The monoisotopic (exact) mass is 959 g/mol. The summed E-state index contributed by atoms with van der Waals surface area (Å²) in [5, 5.41) is 4.13. The molecule has 360 valence electrons. The minimum Gasteiger partial charge on any atom is -0.744 e. The summed E-state index contributed by atoms with van der Waals surface area (Å²) in [4.78, 5) is -0.0222. The zero-order valence-electron chi connectivity index (χ0n) is 41.4. The molecule has 0 N–H and O–H groups in total. The van der Waals surface area contributed by atoms with E-state index in [2.05, 4.69) is 52.0 Å². The maximum absolute atomic E-state index is 12.0. The number of hydrogen-bond donors (Lipinski definition) is 0. The van der Waals surface area contributed by atoms with Gasteiger partial charge in [0.1, 0.15) is 20.2 Å². The quantitative estimate of drug-likeness (QED) is 0.0262. The molecule has 0 spiro atoms. The molecule has 0 aliphatic rings. The van der Waals surface area contributed by atoms with E-state index in [0.717, 1.165) is 84.0 Å². The topological polar surface area (TPSA) is 114 Å². The number of benzene rings is 4. The Morgan fingerprint density at radius 1 is 0.338 bits per heavy atom. The summed E-state index contributed by atoms with van der Waals surface area (Å²) in [7, 11) is -8.97. The minimum atomic E-state index is -4.48. The van der Waals surface area contributed by atoms with E-state index in [1.807, 2.05) is 24.3 Å². The van der Waals surface area contributed by atoms with Crippen LogP contribution in [0.5, 0.6) is 0 Å². The Labute approximate surface area is 427 Å². The van der Waals surface area contributed by atoms with Crippen LogP contribution in [0, 0.1) is 0 Å². The predicted molar refractivity (Wildman–Crippen MR) is 276 cm³/mol. The van der Waals surface area contributed by atoms with E-state index in [1.165, 1.54) is 165 Å². The molecule has 0 heterocycles. The Morgan fingerprint density at radius 3 is 0.877 bits per heavy atom. The number of rotatable bonds is 34. The van der Waals surface area contributed by atoms with Gasteiger partial charge in [0, 0.05) is 0 Å². The van der Waals surface area contributed by atoms with Crippen LogP contribution in [0.4, 0.5) is 0 Å². The molecular formula is C56H86CaO6S2. The SMILES string of the molecule is CCCCCCCCCc1cccc2ccc(S(=O)(=O)[O-])c(CCCCCCCCC)c12.CCCCCCCCCc1cccc2ccc(S(=O)(=O)[O-])c(CCCCCCCCC)c12.[Ca+2]. The van der Waals surface area contributed by atoms with Crippen molar-refractivity contribution in [2.45, 2.75) is 243 Å². The molecule has 0 saturated heterocycles. The summed E-state index contributed by atoms with van der Waals surface area (Å²) in [6.45, 7) is 8.91. The Bertz CT molecular complexity index is 1960. The van der Waals surface area contributed by atoms with Gasteiger partial charge in [-0.05, 0) is 107 Å². The first-order valence-electron chi connectivity index (χ1n) is 26.0. The summed E-state index contributed by atoms with van der Waals surface area (Å²) in [5.41, 5.74) is 3.90. The van der Waals surface area contributed by atoms with Crippen LogP contribution in [0.3, 0.4) is 0 Å². The molecule has 0 saturated carbocycles. The fraction of sp³-hybridized carbons (Fsp3) is 0.643. The summed E-state index contributed by atoms with van der Waals surface area (Å²) in [6.07, 6.45) is 37.2. The van der Waals surface area contributed by atoms with Crippen LogP contribution in [-0.2, 0) is 45.9 Å². The van der Waals surface area contributed by atoms with Crippen LogP contribution < -0.4 is 0 Å². The Morgan fingerprint density at radius 2 is 0.600 bits per heavy atom. The fourth-order valence-electron chi connectivity index (χ4n) is 9.48. The average molecular weight is 960 g/mol. The molecule has 0 bridgehead atoms. The van der Waals surface area contributed by atoms with Crippen molar-refractivity contribution in [2.75, 3.05) is 0 Å². The average Bonchev–Trinajstić information content (AvgIpc) is 3.27. The van der Waals surface area contributed by atoms with E-state index < -0.39 is 20.2 Å². The van der Waals surface area contributed by atoms with Gasteiger partial charge in [-0.25, -0.2) is 16.8 Å². The van der Waals surface area contributed by atoms with Crippen molar-refractivity contribution in [3.63, 3.8) is 0 Å². The zero-order valence-corrected chi connectivity index (χ0v) is 45.2. The summed E-state index contributed by atoms with van der Waals surface area (Å²) in [6, 6.07) is 19.1. The normalized spacial score (nSPS) is 11.8. The van der Waals surface area contributed by atoms with E-state index in [0.29, 0.717) is 12.8 Å². The van der Waals surface area contributed by atoms with E-state index in [4.69, 9.17) is 0 Å². The molecule has 0 unspecified atom stereocenters. The molecule has 0 amide bonds. The van der Waals surface area contributed by atoms with Crippen LogP contribution in [0.2, 0.25) is 0 Å². The van der Waals surface area contributed by atoms with E-state index in [1.54, 1.807) is 0 Å². The van der Waals surface area contributed by atoms with Gasteiger partial charge in [0.05, 0.1) is 9.79 Å². The van der Waals surface area contributed by atoms with Crippen LogP contribution in [0.25, 0.3) is 21.5 Å². The second-order valence-corrected chi connectivity index (χ2v) is 21.2. The number of fused-ring (bicyclic) bond motifs is 2. The molecule has 0 atom stereocenters. The zero-order chi connectivity index (χ0) is 46.5. The predicted octanol–water partition coefficient (Wildman–Crippen LogP) is 16.3. The van der Waals surface area contributed by atoms with Crippen molar-refractivity contribution in [3.8, 4) is 0 Å². The third kappa shape index (κ3) is 22.6. The van der Waals surface area contributed by atoms with Gasteiger partial charge in [-0.3, -0.25) is 0 Å². The number of hydrogen-bond acceptors (Lipinski definition) is 6. The standard InChI is InChI=1S/2C28H44O3S.Ca/c2*1-3-5-7-9-11-13-15-18-24-19-17-20-25-22-23-27(32(29,30)31)26(28(24)25)21-16-14-12-10-8-6-4-2;/h2*17,19-20,22-23H,3-16,18,21H2,1-2H3,(H,29,30,31);/q;;+2/p-2. The van der Waals surface area contributed by atoms with Crippen LogP contribution in [0.1, 0.15) is 230 Å². The first-order valence-corrected chi connectivity index (χ1v) is 28.8. The summed E-state index contributed by atoms with van der Waals surface area (Å²) < 4.78 is 72.3. The third-order valence-corrected chi connectivity index (χ3v) is 14.9. The molecule has 6 nitrogen and oxygen atoms in total. The Hall–Kier alpha value is -1.52. The summed E-state index contributed by atoms with van der Waals surface area (Å²) >= 11 is 0. The molecule has 4 aromatic carbocycles. The van der Waals surface area contributed by atoms with Gasteiger partial charge in [0.15, 0.2) is 0 Å². The van der Waals surface area contributed by atoms with Crippen molar-refractivity contribution >= 4 is 79.5 Å². The van der Waals surface area contributed by atoms with E-state index in [-0.39, 0.29) is 47.5 Å². The third-order valence-electron chi connectivity index (χ3n) is 13.1. The van der Waals surface area contributed by atoms with Crippen molar-refractivity contribution in [2.24, 2.45) is 0 Å². The minimum absolute atomic E-state index is 0. The molecule has 0 aliphatic carbocycles.